The van der Waals surface area contributed by atoms with Gasteiger partial charge in [0.1, 0.15) is 13.2 Å². The van der Waals surface area contributed by atoms with Gasteiger partial charge < -0.3 is 14.8 Å². The molecule has 0 unspecified atom stereocenters. The first kappa shape index (κ1) is 36.0. The number of alkyl halides is 1. The zero-order valence-corrected chi connectivity index (χ0v) is 25.7. The van der Waals surface area contributed by atoms with Gasteiger partial charge in [-0.1, -0.05) is 145 Å². The molecule has 0 atom stereocenters. The Morgan fingerprint density at radius 3 is 1.57 bits per heavy atom. The highest BCUT2D eigenvalue weighted by Gasteiger charge is 2.07. The fourth-order valence-electron chi connectivity index (χ4n) is 4.27. The lowest BCUT2D eigenvalue weighted by molar-refractivity contribution is -0.142. The second kappa shape index (κ2) is 29.5. The van der Waals surface area contributed by atoms with E-state index >= 15 is 0 Å². The molecular formula is C31H58BrNO4. The Morgan fingerprint density at radius 2 is 1.05 bits per heavy atom. The molecule has 0 aliphatic rings. The molecule has 0 saturated carbocycles. The van der Waals surface area contributed by atoms with E-state index in [4.69, 9.17) is 9.47 Å². The van der Waals surface area contributed by atoms with Crippen LogP contribution in [0.15, 0.2) is 12.2 Å². The highest BCUT2D eigenvalue weighted by molar-refractivity contribution is 9.09. The largest absolute Gasteiger partial charge is 0.461 e. The van der Waals surface area contributed by atoms with Crippen LogP contribution in [0, 0.1) is 0 Å². The minimum Gasteiger partial charge on any atom is -0.461 e. The average molecular weight is 589 g/mol. The van der Waals surface area contributed by atoms with Gasteiger partial charge in [0.25, 0.3) is 0 Å². The molecule has 0 aromatic rings. The van der Waals surface area contributed by atoms with E-state index in [1.54, 1.807) is 0 Å². The van der Waals surface area contributed by atoms with Crippen molar-refractivity contribution in [2.75, 3.05) is 25.1 Å². The summed E-state index contributed by atoms with van der Waals surface area (Å²) in [4.78, 5) is 23.6. The van der Waals surface area contributed by atoms with Gasteiger partial charge in [-0.05, 0) is 24.8 Å². The second-order valence-electron chi connectivity index (χ2n) is 10.4. The first-order valence-electron chi connectivity index (χ1n) is 15.4. The minimum atomic E-state index is -0.433. The maximum Gasteiger partial charge on any atom is 0.407 e. The minimum absolute atomic E-state index is 0.0740. The fraction of sp³-hybridized carbons (Fsp3) is 0.871. The molecule has 0 radical (unpaired) electrons. The van der Waals surface area contributed by atoms with Gasteiger partial charge in [0.05, 0.1) is 0 Å². The second-order valence-corrected chi connectivity index (χ2v) is 11.2. The van der Waals surface area contributed by atoms with Crippen LogP contribution in [-0.4, -0.2) is 37.2 Å². The van der Waals surface area contributed by atoms with E-state index in [0.717, 1.165) is 37.4 Å². The summed E-state index contributed by atoms with van der Waals surface area (Å²) in [6.45, 7) is 6.91. The Balaban J connectivity index is 3.36. The molecule has 0 aliphatic heterocycles. The maximum atomic E-state index is 11.8. The zero-order chi connectivity index (χ0) is 27.2. The predicted molar refractivity (Wildman–Crippen MR) is 160 cm³/mol. The van der Waals surface area contributed by atoms with E-state index in [2.05, 4.69) is 34.7 Å². The van der Waals surface area contributed by atoms with Crippen LogP contribution in [-0.2, 0) is 14.3 Å². The third-order valence-corrected chi connectivity index (χ3v) is 7.22. The van der Waals surface area contributed by atoms with Crippen LogP contribution in [0.4, 0.5) is 4.79 Å². The van der Waals surface area contributed by atoms with Crippen molar-refractivity contribution in [3.8, 4) is 0 Å². The number of amides is 1. The summed E-state index contributed by atoms with van der Waals surface area (Å²) in [5, 5.41) is 3.83. The van der Waals surface area contributed by atoms with Crippen LogP contribution in [0.2, 0.25) is 0 Å². The molecule has 0 spiro atoms. The summed E-state index contributed by atoms with van der Waals surface area (Å²) in [7, 11) is 0. The summed E-state index contributed by atoms with van der Waals surface area (Å²) in [5.74, 6) is -0.213. The Bertz CT molecular complexity index is 541. The van der Waals surface area contributed by atoms with Crippen molar-refractivity contribution in [1.29, 1.82) is 0 Å². The zero-order valence-electron chi connectivity index (χ0n) is 24.1. The molecule has 0 rings (SSSR count). The number of esters is 1. The topological polar surface area (TPSA) is 64.6 Å². The summed E-state index contributed by atoms with van der Waals surface area (Å²) in [6, 6.07) is 0. The highest BCUT2D eigenvalue weighted by atomic mass is 79.9. The first-order valence-corrected chi connectivity index (χ1v) is 16.5. The smallest absolute Gasteiger partial charge is 0.407 e. The molecule has 0 aromatic carbocycles. The van der Waals surface area contributed by atoms with E-state index < -0.39 is 6.09 Å². The third kappa shape index (κ3) is 29.4. The van der Waals surface area contributed by atoms with Gasteiger partial charge in [-0.15, -0.1) is 0 Å². The Morgan fingerprint density at radius 1 is 0.622 bits per heavy atom. The van der Waals surface area contributed by atoms with Crippen LogP contribution in [0.25, 0.3) is 0 Å². The lowest BCUT2D eigenvalue weighted by Crippen LogP contribution is -2.26. The Kier molecular flexibility index (Phi) is 28.7. The molecule has 37 heavy (non-hydrogen) atoms. The summed E-state index contributed by atoms with van der Waals surface area (Å²) in [6.07, 6.45) is 26.8. The predicted octanol–water partition coefficient (Wildman–Crippen LogP) is 9.81. The van der Waals surface area contributed by atoms with Gasteiger partial charge in [0, 0.05) is 18.3 Å². The van der Waals surface area contributed by atoms with Crippen LogP contribution in [0.5, 0.6) is 0 Å². The number of rotatable bonds is 28. The van der Waals surface area contributed by atoms with Gasteiger partial charge in [-0.25, -0.2) is 4.79 Å². The van der Waals surface area contributed by atoms with E-state index in [9.17, 15) is 9.59 Å². The SMILES string of the molecule is C=C(COC(=O)CCCCCCCBr)COC(=O)NCCCCCCCCCCCCCCCCCC. The van der Waals surface area contributed by atoms with Crippen molar-refractivity contribution in [3.05, 3.63) is 12.2 Å². The van der Waals surface area contributed by atoms with Crippen molar-refractivity contribution in [1.82, 2.24) is 5.32 Å². The number of halogens is 1. The van der Waals surface area contributed by atoms with Gasteiger partial charge in [0.15, 0.2) is 0 Å². The monoisotopic (exact) mass is 587 g/mol. The molecule has 1 amide bonds. The number of carbonyl (C=O) groups excluding carboxylic acids is 2. The Labute approximate surface area is 237 Å². The van der Waals surface area contributed by atoms with Gasteiger partial charge in [0.2, 0.25) is 0 Å². The Hall–Kier alpha value is -1.04. The summed E-state index contributed by atoms with van der Waals surface area (Å²) >= 11 is 3.42. The molecule has 0 aromatic heterocycles. The van der Waals surface area contributed by atoms with Crippen LogP contribution >= 0.6 is 15.9 Å². The van der Waals surface area contributed by atoms with Crippen molar-refractivity contribution in [2.24, 2.45) is 0 Å². The van der Waals surface area contributed by atoms with Crippen molar-refractivity contribution in [3.63, 3.8) is 0 Å². The lowest BCUT2D eigenvalue weighted by atomic mass is 10.0. The average Bonchev–Trinajstić information content (AvgIpc) is 2.90. The van der Waals surface area contributed by atoms with Crippen molar-refractivity contribution >= 4 is 28.0 Å². The van der Waals surface area contributed by atoms with Gasteiger partial charge in [-0.3, -0.25) is 4.79 Å². The number of unbranched alkanes of at least 4 members (excludes halogenated alkanes) is 19. The highest BCUT2D eigenvalue weighted by Crippen LogP contribution is 2.13. The number of nitrogens with one attached hydrogen (secondary N) is 1. The molecule has 1 N–H and O–H groups in total. The number of alkyl carbamates (subject to hydrolysis) is 1. The summed E-state index contributed by atoms with van der Waals surface area (Å²) < 4.78 is 10.4. The van der Waals surface area contributed by atoms with Gasteiger partial charge in [-0.2, -0.15) is 0 Å². The van der Waals surface area contributed by atoms with Crippen LogP contribution in [0.3, 0.4) is 0 Å². The number of carbonyl (C=O) groups is 2. The molecule has 6 heteroatoms. The van der Waals surface area contributed by atoms with Gasteiger partial charge >= 0.3 is 12.1 Å². The molecule has 0 aliphatic carbocycles. The van der Waals surface area contributed by atoms with Crippen LogP contribution in [0.1, 0.15) is 148 Å². The first-order chi connectivity index (χ1) is 18.1. The maximum absolute atomic E-state index is 11.8. The number of ether oxygens (including phenoxy) is 2. The molecular weight excluding hydrogens is 530 g/mol. The van der Waals surface area contributed by atoms with E-state index in [-0.39, 0.29) is 19.2 Å². The molecule has 0 bridgehead atoms. The third-order valence-electron chi connectivity index (χ3n) is 6.66. The fourth-order valence-corrected chi connectivity index (χ4v) is 4.67. The van der Waals surface area contributed by atoms with Crippen LogP contribution < -0.4 is 5.32 Å². The molecule has 218 valence electrons. The molecule has 0 heterocycles. The van der Waals surface area contributed by atoms with E-state index in [0.29, 0.717) is 18.5 Å². The quantitative estimate of drug-likeness (QED) is 0.0428. The van der Waals surface area contributed by atoms with E-state index in [1.807, 2.05) is 0 Å². The summed E-state index contributed by atoms with van der Waals surface area (Å²) in [5.41, 5.74) is 0.586. The molecule has 0 fully saturated rings. The normalized spacial score (nSPS) is 10.9. The van der Waals surface area contributed by atoms with Crippen molar-refractivity contribution in [2.45, 2.75) is 148 Å². The number of hydrogen-bond acceptors (Lipinski definition) is 4. The standard InChI is InChI=1S/C31H58BrNO4/c1-3-4-5-6-7-8-9-10-11-12-13-14-15-16-20-23-26-33-31(35)37-28-29(2)27-36-30(34)24-21-18-17-19-22-25-32/h2-28H2,1H3,(H,33,35). The molecule has 0 saturated heterocycles. The van der Waals surface area contributed by atoms with Crippen molar-refractivity contribution < 1.29 is 19.1 Å². The number of hydrogen-bond donors (Lipinski definition) is 1. The van der Waals surface area contributed by atoms with E-state index in [1.165, 1.54) is 103 Å². The molecule has 5 nitrogen and oxygen atoms in total. The lowest BCUT2D eigenvalue weighted by Gasteiger charge is -2.10.